The molecule has 0 spiro atoms. The zero-order chi connectivity index (χ0) is 17.6. The van der Waals surface area contributed by atoms with Crippen molar-refractivity contribution >= 4 is 5.91 Å². The molecule has 25 heavy (non-hydrogen) atoms. The van der Waals surface area contributed by atoms with E-state index in [-0.39, 0.29) is 25.1 Å². The van der Waals surface area contributed by atoms with Crippen molar-refractivity contribution in [1.29, 1.82) is 0 Å². The third-order valence-corrected chi connectivity index (χ3v) is 4.12. The van der Waals surface area contributed by atoms with Crippen molar-refractivity contribution in [2.24, 2.45) is 0 Å². The maximum atomic E-state index is 12.1. The van der Waals surface area contributed by atoms with E-state index in [9.17, 15) is 14.4 Å². The van der Waals surface area contributed by atoms with E-state index in [1.54, 1.807) is 12.3 Å². The van der Waals surface area contributed by atoms with Crippen LogP contribution >= 0.6 is 0 Å². The van der Waals surface area contributed by atoms with Gasteiger partial charge in [0.1, 0.15) is 12.6 Å². The first-order valence-electron chi connectivity index (χ1n) is 8.29. The second kappa shape index (κ2) is 7.78. The molecule has 1 aliphatic carbocycles. The van der Waals surface area contributed by atoms with E-state index >= 15 is 0 Å². The standard InChI is InChI=1S/C17H20N4O4/c22-14-7-9-21(17(24)20-14)11-15(23)19-10-12-4-3-8-18-16(12)25-13-5-1-2-6-13/h3-4,7-9,13H,1-2,5-6,10-11H2,(H,19,23)(H,20,22,24). The molecule has 0 radical (unpaired) electrons. The smallest absolute Gasteiger partial charge is 0.328 e. The molecule has 1 amide bonds. The van der Waals surface area contributed by atoms with E-state index in [2.05, 4.69) is 15.3 Å². The van der Waals surface area contributed by atoms with Gasteiger partial charge >= 0.3 is 5.69 Å². The minimum atomic E-state index is -0.616. The van der Waals surface area contributed by atoms with Crippen molar-refractivity contribution in [3.8, 4) is 5.88 Å². The summed E-state index contributed by atoms with van der Waals surface area (Å²) in [5.41, 5.74) is -0.323. The quantitative estimate of drug-likeness (QED) is 0.797. The van der Waals surface area contributed by atoms with Crippen molar-refractivity contribution in [1.82, 2.24) is 19.9 Å². The lowest BCUT2D eigenvalue weighted by atomic mass is 10.2. The molecule has 1 aliphatic rings. The maximum absolute atomic E-state index is 12.1. The van der Waals surface area contributed by atoms with Gasteiger partial charge in [-0.15, -0.1) is 0 Å². The summed E-state index contributed by atoms with van der Waals surface area (Å²) in [6.07, 6.45) is 7.52. The zero-order valence-corrected chi connectivity index (χ0v) is 13.7. The third kappa shape index (κ3) is 4.56. The molecule has 2 N–H and O–H groups in total. The van der Waals surface area contributed by atoms with Crippen LogP contribution in [0.25, 0.3) is 0 Å². The van der Waals surface area contributed by atoms with Crippen LogP contribution in [0.4, 0.5) is 0 Å². The number of hydrogen-bond donors (Lipinski definition) is 2. The minimum absolute atomic E-state index is 0.172. The van der Waals surface area contributed by atoms with E-state index in [4.69, 9.17) is 4.74 Å². The van der Waals surface area contributed by atoms with Gasteiger partial charge in [-0.3, -0.25) is 19.1 Å². The van der Waals surface area contributed by atoms with Crippen molar-refractivity contribution in [3.05, 3.63) is 57.0 Å². The maximum Gasteiger partial charge on any atom is 0.328 e. The first-order valence-corrected chi connectivity index (χ1v) is 8.29. The number of carbonyl (C=O) groups is 1. The molecule has 8 nitrogen and oxygen atoms in total. The fourth-order valence-electron chi connectivity index (χ4n) is 2.80. The lowest BCUT2D eigenvalue weighted by Gasteiger charge is -2.15. The van der Waals surface area contributed by atoms with Gasteiger partial charge in [-0.2, -0.15) is 0 Å². The van der Waals surface area contributed by atoms with E-state index in [0.717, 1.165) is 35.8 Å². The van der Waals surface area contributed by atoms with Gasteiger partial charge in [0.05, 0.1) is 0 Å². The fourth-order valence-corrected chi connectivity index (χ4v) is 2.80. The molecule has 0 atom stereocenters. The molecule has 2 aromatic heterocycles. The number of hydrogen-bond acceptors (Lipinski definition) is 5. The lowest BCUT2D eigenvalue weighted by molar-refractivity contribution is -0.121. The summed E-state index contributed by atoms with van der Waals surface area (Å²) < 4.78 is 7.07. The van der Waals surface area contributed by atoms with Crippen LogP contribution in [0, 0.1) is 0 Å². The Morgan fingerprint density at radius 3 is 2.88 bits per heavy atom. The number of carbonyl (C=O) groups excluding carboxylic acids is 1. The number of ether oxygens (including phenoxy) is 1. The van der Waals surface area contributed by atoms with Gasteiger partial charge < -0.3 is 10.1 Å². The number of rotatable bonds is 6. The summed E-state index contributed by atoms with van der Waals surface area (Å²) in [6.45, 7) is 0.0848. The van der Waals surface area contributed by atoms with E-state index in [0.29, 0.717) is 5.88 Å². The highest BCUT2D eigenvalue weighted by molar-refractivity contribution is 5.75. The minimum Gasteiger partial charge on any atom is -0.474 e. The second-order valence-electron chi connectivity index (χ2n) is 6.01. The molecule has 1 fully saturated rings. The van der Waals surface area contributed by atoms with Gasteiger partial charge in [-0.25, -0.2) is 9.78 Å². The van der Waals surface area contributed by atoms with Crippen molar-refractivity contribution < 1.29 is 9.53 Å². The Hall–Kier alpha value is -2.90. The van der Waals surface area contributed by atoms with Crippen LogP contribution in [0.15, 0.2) is 40.2 Å². The highest BCUT2D eigenvalue weighted by Crippen LogP contribution is 2.24. The van der Waals surface area contributed by atoms with Gasteiger partial charge in [-0.05, 0) is 31.7 Å². The SMILES string of the molecule is O=C(Cn1ccc(=O)[nH]c1=O)NCc1cccnc1OC1CCCC1. The van der Waals surface area contributed by atoms with Gasteiger partial charge in [-0.1, -0.05) is 6.07 Å². The Labute approximate surface area is 143 Å². The normalized spacial score (nSPS) is 14.4. The predicted molar refractivity (Wildman–Crippen MR) is 90.3 cm³/mol. The topological polar surface area (TPSA) is 106 Å². The molecular weight excluding hydrogens is 324 g/mol. The summed E-state index contributed by atoms with van der Waals surface area (Å²) >= 11 is 0. The largest absolute Gasteiger partial charge is 0.474 e. The van der Waals surface area contributed by atoms with Crippen LogP contribution in [0.2, 0.25) is 0 Å². The fraction of sp³-hybridized carbons (Fsp3) is 0.412. The van der Waals surface area contributed by atoms with E-state index in [1.165, 1.54) is 12.3 Å². The summed E-state index contributed by atoms with van der Waals surface area (Å²) in [4.78, 5) is 41.0. The molecule has 0 bridgehead atoms. The van der Waals surface area contributed by atoms with Gasteiger partial charge in [0, 0.05) is 30.6 Å². The first-order chi connectivity index (χ1) is 12.1. The number of H-pyrrole nitrogens is 1. The monoisotopic (exact) mass is 344 g/mol. The van der Waals surface area contributed by atoms with Crippen LogP contribution in [-0.2, 0) is 17.9 Å². The Kier molecular flexibility index (Phi) is 5.27. The van der Waals surface area contributed by atoms with Gasteiger partial charge in [0.15, 0.2) is 0 Å². The highest BCUT2D eigenvalue weighted by Gasteiger charge is 2.18. The number of amides is 1. The van der Waals surface area contributed by atoms with Crippen LogP contribution < -0.4 is 21.3 Å². The molecule has 0 unspecified atom stereocenters. The van der Waals surface area contributed by atoms with Crippen LogP contribution in [0.5, 0.6) is 5.88 Å². The molecule has 132 valence electrons. The van der Waals surface area contributed by atoms with Crippen LogP contribution in [-0.4, -0.2) is 26.5 Å². The van der Waals surface area contributed by atoms with Crippen molar-refractivity contribution in [3.63, 3.8) is 0 Å². The molecule has 0 saturated heterocycles. The summed E-state index contributed by atoms with van der Waals surface area (Å²) in [5.74, 6) is 0.195. The molecule has 2 aromatic rings. The van der Waals surface area contributed by atoms with Crippen LogP contribution in [0.3, 0.4) is 0 Å². The Bertz CT molecular complexity index is 852. The molecule has 0 aliphatic heterocycles. The Balaban J connectivity index is 1.60. The number of pyridine rings is 1. The average Bonchev–Trinajstić information content (AvgIpc) is 3.10. The van der Waals surface area contributed by atoms with Gasteiger partial charge in [0.2, 0.25) is 11.8 Å². The number of aromatic nitrogens is 3. The van der Waals surface area contributed by atoms with E-state index < -0.39 is 11.2 Å². The van der Waals surface area contributed by atoms with E-state index in [1.807, 2.05) is 6.07 Å². The van der Waals surface area contributed by atoms with Crippen molar-refractivity contribution in [2.45, 2.75) is 44.9 Å². The highest BCUT2D eigenvalue weighted by atomic mass is 16.5. The lowest BCUT2D eigenvalue weighted by Crippen LogP contribution is -2.35. The average molecular weight is 344 g/mol. The Morgan fingerprint density at radius 1 is 1.32 bits per heavy atom. The summed E-state index contributed by atoms with van der Waals surface area (Å²) in [6, 6.07) is 4.84. The first kappa shape index (κ1) is 16.9. The number of nitrogens with one attached hydrogen (secondary N) is 2. The third-order valence-electron chi connectivity index (χ3n) is 4.12. The predicted octanol–water partition coefficient (Wildman–Crippen LogP) is 0.569. The molecule has 8 heteroatoms. The summed E-state index contributed by atoms with van der Waals surface area (Å²) in [5, 5.41) is 2.74. The summed E-state index contributed by atoms with van der Waals surface area (Å²) in [7, 11) is 0. The Morgan fingerprint density at radius 2 is 2.12 bits per heavy atom. The molecule has 2 heterocycles. The van der Waals surface area contributed by atoms with Crippen molar-refractivity contribution in [2.75, 3.05) is 0 Å². The second-order valence-corrected chi connectivity index (χ2v) is 6.01. The van der Waals surface area contributed by atoms with Gasteiger partial charge in [0.25, 0.3) is 5.56 Å². The molecular formula is C17H20N4O4. The van der Waals surface area contributed by atoms with Crippen LogP contribution in [0.1, 0.15) is 31.2 Å². The zero-order valence-electron chi connectivity index (χ0n) is 13.7. The number of aromatic amines is 1. The molecule has 3 rings (SSSR count). The number of nitrogens with zero attached hydrogens (tertiary/aromatic N) is 2. The molecule has 1 saturated carbocycles. The molecule has 0 aromatic carbocycles.